The Morgan fingerprint density at radius 2 is 1.80 bits per heavy atom. The van der Waals surface area contributed by atoms with E-state index < -0.39 is 0 Å². The number of hydrogen-bond donors (Lipinski definition) is 1. The van der Waals surface area contributed by atoms with Gasteiger partial charge in [-0.25, -0.2) is 0 Å². The van der Waals surface area contributed by atoms with Crippen LogP contribution in [0, 0.1) is 17.8 Å². The normalized spacial score (nSPS) is 24.3. The van der Waals surface area contributed by atoms with Crippen LogP contribution in [0.15, 0.2) is 13.2 Å². The molecule has 0 saturated carbocycles. The van der Waals surface area contributed by atoms with E-state index in [-0.39, 0.29) is 11.8 Å². The molecule has 1 heterocycles. The number of carbonyl (C=O) groups excluding carboxylic acids is 1. The lowest BCUT2D eigenvalue weighted by atomic mass is 9.84. The molecule has 0 bridgehead atoms. The van der Waals surface area contributed by atoms with Gasteiger partial charge in [-0.15, -0.1) is 13.2 Å². The number of nitrogens with one attached hydrogen (secondary N) is 1. The van der Waals surface area contributed by atoms with E-state index in [2.05, 4.69) is 32.3 Å². The van der Waals surface area contributed by atoms with Gasteiger partial charge >= 0.3 is 0 Å². The molecule has 2 nitrogen and oxygen atoms in total. The fourth-order valence-corrected chi connectivity index (χ4v) is 1.56. The molecule has 0 aromatic carbocycles. The molecule has 15 heavy (non-hydrogen) atoms. The molecule has 0 aliphatic carbocycles. The van der Waals surface area contributed by atoms with Crippen LogP contribution in [0.2, 0.25) is 0 Å². The fourth-order valence-electron chi connectivity index (χ4n) is 1.56. The van der Waals surface area contributed by atoms with E-state index in [1.165, 1.54) is 0 Å². The summed E-state index contributed by atoms with van der Waals surface area (Å²) >= 11 is 0. The van der Waals surface area contributed by atoms with E-state index in [0.717, 1.165) is 13.0 Å². The first kappa shape index (κ1) is 16.6. The van der Waals surface area contributed by atoms with Crippen molar-refractivity contribution in [2.45, 2.75) is 41.0 Å². The van der Waals surface area contributed by atoms with Crippen molar-refractivity contribution in [3.63, 3.8) is 0 Å². The summed E-state index contributed by atoms with van der Waals surface area (Å²) in [6.07, 6.45) is 1.06. The number of rotatable bonds is 1. The van der Waals surface area contributed by atoms with Crippen molar-refractivity contribution < 1.29 is 4.79 Å². The number of carbonyl (C=O) groups is 1. The van der Waals surface area contributed by atoms with Crippen LogP contribution >= 0.6 is 0 Å². The molecule has 90 valence electrons. The molecule has 2 atom stereocenters. The first-order valence-corrected chi connectivity index (χ1v) is 5.89. The van der Waals surface area contributed by atoms with Crippen LogP contribution < -0.4 is 5.32 Å². The van der Waals surface area contributed by atoms with Gasteiger partial charge in [0, 0.05) is 12.5 Å². The van der Waals surface area contributed by atoms with Crippen molar-refractivity contribution in [3.8, 4) is 0 Å². The zero-order chi connectivity index (χ0) is 12.4. The molecule has 1 N–H and O–H groups in total. The van der Waals surface area contributed by atoms with Gasteiger partial charge in [0.25, 0.3) is 0 Å². The van der Waals surface area contributed by atoms with Crippen LogP contribution in [0.4, 0.5) is 0 Å². The Balaban J connectivity index is 0. The quantitative estimate of drug-likeness (QED) is 0.666. The highest BCUT2D eigenvalue weighted by Gasteiger charge is 2.26. The van der Waals surface area contributed by atoms with E-state index >= 15 is 0 Å². The Bertz CT molecular complexity index is 166. The summed E-state index contributed by atoms with van der Waals surface area (Å²) in [4.78, 5) is 11.1. The average Bonchev–Trinajstić information content (AvgIpc) is 2.27. The highest BCUT2D eigenvalue weighted by atomic mass is 16.1. The van der Waals surface area contributed by atoms with E-state index in [4.69, 9.17) is 0 Å². The highest BCUT2D eigenvalue weighted by molar-refractivity contribution is 5.78. The molecule has 1 fully saturated rings. The minimum absolute atomic E-state index is 0.219. The van der Waals surface area contributed by atoms with Crippen molar-refractivity contribution in [1.82, 2.24) is 5.32 Å². The van der Waals surface area contributed by atoms with Gasteiger partial charge in [0.1, 0.15) is 0 Å². The predicted octanol–water partition coefficient (Wildman–Crippen LogP) is 3.24. The lowest BCUT2D eigenvalue weighted by Crippen LogP contribution is -2.41. The molecule has 0 spiro atoms. The highest BCUT2D eigenvalue weighted by Crippen LogP contribution is 2.23. The molecule has 0 aromatic rings. The molecular weight excluding hydrogens is 186 g/mol. The fraction of sp³-hybridized carbons (Fsp3) is 0.769. The summed E-state index contributed by atoms with van der Waals surface area (Å²) in [5, 5.41) is 2.92. The standard InChI is InChI=1S/C9H17NO.C2H6.C2H4/c1-6(2)8-4-7(3)9(11)10-5-8;2*1-2/h6-8H,4-5H2,1-3H3,(H,10,11);1-2H3;1-2H2. The Morgan fingerprint density at radius 3 is 2.13 bits per heavy atom. The van der Waals surface area contributed by atoms with Crippen LogP contribution in [-0.2, 0) is 4.79 Å². The third-order valence-electron chi connectivity index (χ3n) is 2.59. The first-order chi connectivity index (χ1) is 7.11. The summed E-state index contributed by atoms with van der Waals surface area (Å²) in [7, 11) is 0. The molecule has 0 radical (unpaired) electrons. The molecule has 1 saturated heterocycles. The third-order valence-corrected chi connectivity index (χ3v) is 2.59. The number of amides is 1. The Labute approximate surface area is 95.1 Å². The van der Waals surface area contributed by atoms with Crippen LogP contribution in [0.25, 0.3) is 0 Å². The molecule has 1 rings (SSSR count). The van der Waals surface area contributed by atoms with Crippen LogP contribution in [-0.4, -0.2) is 12.5 Å². The Kier molecular flexibility index (Phi) is 10.8. The largest absolute Gasteiger partial charge is 0.356 e. The first-order valence-electron chi connectivity index (χ1n) is 5.89. The third kappa shape index (κ3) is 6.32. The molecule has 0 aromatic heterocycles. The molecule has 1 aliphatic heterocycles. The molecule has 1 amide bonds. The van der Waals surface area contributed by atoms with Crippen molar-refractivity contribution in [3.05, 3.63) is 13.2 Å². The van der Waals surface area contributed by atoms with Gasteiger partial charge in [-0.3, -0.25) is 4.79 Å². The second kappa shape index (κ2) is 9.75. The summed E-state index contributed by atoms with van der Waals surface area (Å²) in [5.74, 6) is 1.82. The Hall–Kier alpha value is -0.790. The van der Waals surface area contributed by atoms with Crippen molar-refractivity contribution >= 4 is 5.91 Å². The van der Waals surface area contributed by atoms with Gasteiger partial charge in [-0.2, -0.15) is 0 Å². The van der Waals surface area contributed by atoms with Gasteiger partial charge < -0.3 is 5.32 Å². The maximum absolute atomic E-state index is 11.1. The zero-order valence-corrected chi connectivity index (χ0v) is 11.0. The van der Waals surface area contributed by atoms with Crippen LogP contribution in [0.3, 0.4) is 0 Å². The van der Waals surface area contributed by atoms with Crippen molar-refractivity contribution in [2.75, 3.05) is 6.54 Å². The van der Waals surface area contributed by atoms with Gasteiger partial charge in [-0.05, 0) is 18.3 Å². The topological polar surface area (TPSA) is 29.1 Å². The lowest BCUT2D eigenvalue weighted by molar-refractivity contribution is -0.127. The molecule has 2 heteroatoms. The summed E-state index contributed by atoms with van der Waals surface area (Å²) in [5.41, 5.74) is 0. The van der Waals surface area contributed by atoms with Crippen molar-refractivity contribution in [1.29, 1.82) is 0 Å². The molecule has 1 aliphatic rings. The van der Waals surface area contributed by atoms with Crippen LogP contribution in [0.1, 0.15) is 41.0 Å². The maximum Gasteiger partial charge on any atom is 0.222 e. The van der Waals surface area contributed by atoms with Gasteiger partial charge in [0.2, 0.25) is 5.91 Å². The van der Waals surface area contributed by atoms with Crippen LogP contribution in [0.5, 0.6) is 0 Å². The summed E-state index contributed by atoms with van der Waals surface area (Å²) in [6.45, 7) is 17.3. The minimum Gasteiger partial charge on any atom is -0.356 e. The van der Waals surface area contributed by atoms with E-state index in [1.54, 1.807) is 0 Å². The van der Waals surface area contributed by atoms with E-state index in [9.17, 15) is 4.79 Å². The molecular formula is C13H27NO. The minimum atomic E-state index is 0.219. The zero-order valence-electron chi connectivity index (χ0n) is 11.0. The van der Waals surface area contributed by atoms with Gasteiger partial charge in [-0.1, -0.05) is 34.6 Å². The van der Waals surface area contributed by atoms with Gasteiger partial charge in [0.05, 0.1) is 0 Å². The average molecular weight is 213 g/mol. The van der Waals surface area contributed by atoms with E-state index in [1.807, 2.05) is 20.8 Å². The lowest BCUT2D eigenvalue weighted by Gasteiger charge is -2.29. The monoisotopic (exact) mass is 213 g/mol. The number of hydrogen-bond acceptors (Lipinski definition) is 1. The summed E-state index contributed by atoms with van der Waals surface area (Å²) < 4.78 is 0. The predicted molar refractivity (Wildman–Crippen MR) is 67.7 cm³/mol. The SMILES string of the molecule is C=C.CC.CC1CC(C(C)C)CNC1=O. The molecule has 2 unspecified atom stereocenters. The van der Waals surface area contributed by atoms with E-state index in [0.29, 0.717) is 11.8 Å². The maximum atomic E-state index is 11.1. The second-order valence-electron chi connectivity index (χ2n) is 3.89. The van der Waals surface area contributed by atoms with Crippen molar-refractivity contribution in [2.24, 2.45) is 17.8 Å². The summed E-state index contributed by atoms with van der Waals surface area (Å²) in [6, 6.07) is 0. The Morgan fingerprint density at radius 1 is 1.33 bits per heavy atom. The van der Waals surface area contributed by atoms with Gasteiger partial charge in [0.15, 0.2) is 0 Å². The smallest absolute Gasteiger partial charge is 0.222 e. The number of piperidine rings is 1. The second-order valence-corrected chi connectivity index (χ2v) is 3.89.